The molecule has 1 aromatic carbocycles. The second-order valence-electron chi connectivity index (χ2n) is 5.93. The monoisotopic (exact) mass is 310 g/mol. The summed E-state index contributed by atoms with van der Waals surface area (Å²) in [5.41, 5.74) is 0.979. The second-order valence-corrected chi connectivity index (χ2v) is 7.64. The first-order valence-corrected chi connectivity index (χ1v) is 8.98. The van der Waals surface area contributed by atoms with Crippen LogP contribution < -0.4 is 9.46 Å². The summed E-state index contributed by atoms with van der Waals surface area (Å²) in [5.74, 6) is 1.14. The van der Waals surface area contributed by atoms with Crippen LogP contribution in [0, 0.1) is 5.92 Å². The molecule has 1 saturated heterocycles. The van der Waals surface area contributed by atoms with E-state index in [-0.39, 0.29) is 6.04 Å². The Morgan fingerprint density at radius 1 is 1.38 bits per heavy atom. The Balaban J connectivity index is 1.78. The molecule has 116 valence electrons. The normalized spacial score (nSPS) is 25.8. The van der Waals surface area contributed by atoms with Crippen LogP contribution in [-0.2, 0) is 16.4 Å². The molecule has 3 rings (SSSR count). The van der Waals surface area contributed by atoms with Gasteiger partial charge in [0.05, 0.1) is 11.5 Å². The van der Waals surface area contributed by atoms with Crippen LogP contribution in [-0.4, -0.2) is 45.6 Å². The number of rotatable bonds is 4. The first kappa shape index (κ1) is 14.8. The third-order valence-corrected chi connectivity index (χ3v) is 5.90. The molecule has 0 radical (unpaired) electrons. The lowest BCUT2D eigenvalue weighted by Crippen LogP contribution is -2.39. The maximum Gasteiger partial charge on any atom is 0.240 e. The highest BCUT2D eigenvalue weighted by Gasteiger charge is 2.32. The predicted octanol–water partition coefficient (Wildman–Crippen LogP) is 1.24. The fraction of sp³-hybridized carbons (Fsp3) is 0.600. The van der Waals surface area contributed by atoms with Crippen molar-refractivity contribution in [3.8, 4) is 5.75 Å². The summed E-state index contributed by atoms with van der Waals surface area (Å²) in [6, 6.07) is 5.11. The van der Waals surface area contributed by atoms with Gasteiger partial charge in [-0.25, -0.2) is 13.1 Å². The van der Waals surface area contributed by atoms with Gasteiger partial charge in [-0.1, -0.05) is 13.8 Å². The van der Waals surface area contributed by atoms with E-state index >= 15 is 0 Å². The number of nitrogens with one attached hydrogen (secondary N) is 1. The number of likely N-dealkylation sites (tertiary alicyclic amines) is 1. The summed E-state index contributed by atoms with van der Waals surface area (Å²) in [6.07, 6.45) is 0.780. The number of sulfonamides is 1. The largest absolute Gasteiger partial charge is 0.493 e. The number of likely N-dealkylation sites (N-methyl/N-ethyl adjacent to an activating group) is 1. The predicted molar refractivity (Wildman–Crippen MR) is 81.0 cm³/mol. The van der Waals surface area contributed by atoms with E-state index in [0.717, 1.165) is 37.4 Å². The maximum absolute atomic E-state index is 12.6. The molecule has 1 N–H and O–H groups in total. The summed E-state index contributed by atoms with van der Waals surface area (Å²) in [7, 11) is -3.46. The Bertz CT molecular complexity index is 630. The van der Waals surface area contributed by atoms with Crippen LogP contribution in [0.25, 0.3) is 0 Å². The Kier molecular flexibility index (Phi) is 3.94. The summed E-state index contributed by atoms with van der Waals surface area (Å²) >= 11 is 0. The van der Waals surface area contributed by atoms with Crippen molar-refractivity contribution in [3.63, 3.8) is 0 Å². The molecule has 2 aliphatic rings. The van der Waals surface area contributed by atoms with Crippen LogP contribution in [0.4, 0.5) is 0 Å². The number of benzene rings is 1. The molecule has 1 aromatic rings. The third kappa shape index (κ3) is 2.93. The molecule has 0 unspecified atom stereocenters. The Morgan fingerprint density at radius 3 is 2.90 bits per heavy atom. The Morgan fingerprint density at radius 2 is 2.19 bits per heavy atom. The molecule has 0 spiro atoms. The molecule has 2 aliphatic heterocycles. The average Bonchev–Trinajstić information content (AvgIpc) is 3.04. The first-order valence-electron chi connectivity index (χ1n) is 7.50. The van der Waals surface area contributed by atoms with Crippen LogP contribution in [0.1, 0.15) is 19.4 Å². The van der Waals surface area contributed by atoms with Gasteiger partial charge in [0, 0.05) is 25.6 Å². The Hall–Kier alpha value is -1.11. The minimum Gasteiger partial charge on any atom is -0.493 e. The molecular weight excluding hydrogens is 288 g/mol. The van der Waals surface area contributed by atoms with Crippen molar-refractivity contribution in [2.24, 2.45) is 5.92 Å². The van der Waals surface area contributed by atoms with Gasteiger partial charge in [0.25, 0.3) is 0 Å². The highest BCUT2D eigenvalue weighted by Crippen LogP contribution is 2.28. The van der Waals surface area contributed by atoms with E-state index in [9.17, 15) is 8.42 Å². The van der Waals surface area contributed by atoms with Crippen molar-refractivity contribution in [1.29, 1.82) is 0 Å². The van der Waals surface area contributed by atoms with Crippen LogP contribution in [0.3, 0.4) is 0 Å². The van der Waals surface area contributed by atoms with Crippen LogP contribution in [0.5, 0.6) is 5.75 Å². The zero-order valence-corrected chi connectivity index (χ0v) is 13.3. The summed E-state index contributed by atoms with van der Waals surface area (Å²) in [5, 5.41) is 0. The summed E-state index contributed by atoms with van der Waals surface area (Å²) in [4.78, 5) is 2.61. The van der Waals surface area contributed by atoms with Crippen molar-refractivity contribution in [1.82, 2.24) is 9.62 Å². The molecule has 1 fully saturated rings. The number of hydrogen-bond acceptors (Lipinski definition) is 4. The van der Waals surface area contributed by atoms with Crippen molar-refractivity contribution in [2.75, 3.05) is 26.2 Å². The van der Waals surface area contributed by atoms with E-state index in [1.807, 2.05) is 0 Å². The lowest BCUT2D eigenvalue weighted by atomic mass is 10.1. The van der Waals surface area contributed by atoms with Crippen LogP contribution in [0.2, 0.25) is 0 Å². The van der Waals surface area contributed by atoms with E-state index in [2.05, 4.69) is 23.5 Å². The van der Waals surface area contributed by atoms with Gasteiger partial charge in [-0.2, -0.15) is 0 Å². The van der Waals surface area contributed by atoms with Crippen molar-refractivity contribution in [3.05, 3.63) is 23.8 Å². The molecule has 0 aliphatic carbocycles. The average molecular weight is 310 g/mol. The van der Waals surface area contributed by atoms with E-state index in [1.54, 1.807) is 18.2 Å². The van der Waals surface area contributed by atoms with E-state index < -0.39 is 10.0 Å². The summed E-state index contributed by atoms with van der Waals surface area (Å²) < 4.78 is 33.4. The van der Waals surface area contributed by atoms with Crippen LogP contribution >= 0.6 is 0 Å². The molecule has 2 heterocycles. The molecule has 0 saturated carbocycles. The van der Waals surface area contributed by atoms with Gasteiger partial charge >= 0.3 is 0 Å². The minimum absolute atomic E-state index is 0.0144. The Labute approximate surface area is 126 Å². The lowest BCUT2D eigenvalue weighted by molar-refractivity contribution is 0.344. The third-order valence-electron chi connectivity index (χ3n) is 4.41. The molecule has 5 nitrogen and oxygen atoms in total. The number of nitrogens with zero attached hydrogens (tertiary/aromatic N) is 1. The van der Waals surface area contributed by atoms with Gasteiger partial charge in [0.15, 0.2) is 0 Å². The van der Waals surface area contributed by atoms with Gasteiger partial charge in [-0.15, -0.1) is 0 Å². The fourth-order valence-corrected chi connectivity index (χ4v) is 4.46. The van der Waals surface area contributed by atoms with Crippen LogP contribution in [0.15, 0.2) is 23.1 Å². The molecule has 0 bridgehead atoms. The molecule has 0 amide bonds. The smallest absolute Gasteiger partial charge is 0.240 e. The fourth-order valence-electron chi connectivity index (χ4n) is 3.08. The molecule has 2 atom stereocenters. The van der Waals surface area contributed by atoms with Crippen molar-refractivity contribution < 1.29 is 13.2 Å². The SMILES string of the molecule is CCN1C[C@@H](C)[C@@H](NS(=O)(=O)c2ccc3c(c2)CCO3)C1. The molecule has 0 aromatic heterocycles. The maximum atomic E-state index is 12.6. The molecule has 6 heteroatoms. The van der Waals surface area contributed by atoms with E-state index in [4.69, 9.17) is 4.74 Å². The van der Waals surface area contributed by atoms with Gasteiger partial charge in [-0.3, -0.25) is 0 Å². The standard InChI is InChI=1S/C15H22N2O3S/c1-3-17-9-11(2)14(10-17)16-21(18,19)13-4-5-15-12(8-13)6-7-20-15/h4-5,8,11,14,16H,3,6-7,9-10H2,1-2H3/t11-,14+/m1/s1. The van der Waals surface area contributed by atoms with Gasteiger partial charge in [0.1, 0.15) is 5.75 Å². The number of hydrogen-bond donors (Lipinski definition) is 1. The van der Waals surface area contributed by atoms with Gasteiger partial charge in [-0.05, 0) is 36.2 Å². The highest BCUT2D eigenvalue weighted by molar-refractivity contribution is 7.89. The van der Waals surface area contributed by atoms with E-state index in [1.165, 1.54) is 0 Å². The summed E-state index contributed by atoms with van der Waals surface area (Å²) in [6.45, 7) is 7.52. The van der Waals surface area contributed by atoms with Crippen molar-refractivity contribution in [2.45, 2.75) is 31.2 Å². The van der Waals surface area contributed by atoms with Crippen molar-refractivity contribution >= 4 is 10.0 Å². The second kappa shape index (κ2) is 5.59. The van der Waals surface area contributed by atoms with Gasteiger partial charge < -0.3 is 9.64 Å². The topological polar surface area (TPSA) is 58.6 Å². The first-order chi connectivity index (χ1) is 9.99. The quantitative estimate of drug-likeness (QED) is 0.909. The lowest BCUT2D eigenvalue weighted by Gasteiger charge is -2.17. The number of ether oxygens (including phenoxy) is 1. The highest BCUT2D eigenvalue weighted by atomic mass is 32.2. The minimum atomic E-state index is -3.46. The van der Waals surface area contributed by atoms with E-state index in [0.29, 0.717) is 17.4 Å². The van der Waals surface area contributed by atoms with Gasteiger partial charge in [0.2, 0.25) is 10.0 Å². The zero-order chi connectivity index (χ0) is 15.0. The molecular formula is C15H22N2O3S. The molecule has 21 heavy (non-hydrogen) atoms. The zero-order valence-electron chi connectivity index (χ0n) is 12.5. The number of fused-ring (bicyclic) bond motifs is 1.